The topological polar surface area (TPSA) is 59.6 Å². The number of hydrogen-bond acceptors (Lipinski definition) is 4. The normalized spacial score (nSPS) is 15.1. The molecule has 0 bridgehead atoms. The molecule has 1 aliphatic rings. The van der Waals surface area contributed by atoms with Gasteiger partial charge in [0.15, 0.2) is 18.1 Å². The summed E-state index contributed by atoms with van der Waals surface area (Å²) in [5.74, 6) is 0.792. The first-order valence-electron chi connectivity index (χ1n) is 11.1. The van der Waals surface area contributed by atoms with Crippen molar-refractivity contribution in [3.05, 3.63) is 52.5 Å². The molecule has 2 aromatic carbocycles. The highest BCUT2D eigenvalue weighted by Crippen LogP contribution is 2.33. The number of carbonyl (C=O) groups is 1. The van der Waals surface area contributed by atoms with Gasteiger partial charge < -0.3 is 20.1 Å². The number of halogens is 1. The van der Waals surface area contributed by atoms with Crippen molar-refractivity contribution in [2.24, 2.45) is 0 Å². The van der Waals surface area contributed by atoms with Crippen LogP contribution in [0.4, 0.5) is 5.69 Å². The highest BCUT2D eigenvalue weighted by molar-refractivity contribution is 6.31. The summed E-state index contributed by atoms with van der Waals surface area (Å²) in [5.41, 5.74) is 2.84. The summed E-state index contributed by atoms with van der Waals surface area (Å²) in [6, 6.07) is 11.8. The average molecular weight is 445 g/mol. The van der Waals surface area contributed by atoms with Crippen LogP contribution in [-0.4, -0.2) is 25.7 Å². The van der Waals surface area contributed by atoms with Gasteiger partial charge in [0.1, 0.15) is 0 Å². The van der Waals surface area contributed by atoms with Crippen LogP contribution in [-0.2, 0) is 11.3 Å². The highest BCUT2D eigenvalue weighted by Gasteiger charge is 2.15. The third-order valence-corrected chi connectivity index (χ3v) is 6.06. The lowest BCUT2D eigenvalue weighted by atomic mass is 9.96. The Morgan fingerprint density at radius 3 is 2.39 bits per heavy atom. The molecule has 168 valence electrons. The predicted molar refractivity (Wildman–Crippen MR) is 126 cm³/mol. The summed E-state index contributed by atoms with van der Waals surface area (Å²) in [4.78, 5) is 12.2. The fraction of sp³-hybridized carbons (Fsp3) is 0.480. The second kappa shape index (κ2) is 12.0. The van der Waals surface area contributed by atoms with Gasteiger partial charge >= 0.3 is 0 Å². The van der Waals surface area contributed by atoms with Gasteiger partial charge in [-0.05, 0) is 43.5 Å². The molecular formula is C25H33ClN2O3. The first-order valence-corrected chi connectivity index (χ1v) is 11.5. The lowest BCUT2D eigenvalue weighted by Crippen LogP contribution is -2.29. The quantitative estimate of drug-likeness (QED) is 0.534. The summed E-state index contributed by atoms with van der Waals surface area (Å²) < 4.78 is 11.2. The molecule has 0 aliphatic heterocycles. The van der Waals surface area contributed by atoms with Crippen molar-refractivity contribution in [1.29, 1.82) is 0 Å². The summed E-state index contributed by atoms with van der Waals surface area (Å²) in [6.45, 7) is 2.57. The van der Waals surface area contributed by atoms with Crippen molar-refractivity contribution in [2.75, 3.05) is 19.0 Å². The van der Waals surface area contributed by atoms with Crippen LogP contribution in [0, 0.1) is 6.92 Å². The smallest absolute Gasteiger partial charge is 0.262 e. The van der Waals surface area contributed by atoms with Crippen LogP contribution < -0.4 is 20.1 Å². The minimum Gasteiger partial charge on any atom is -0.493 e. The highest BCUT2D eigenvalue weighted by atomic mass is 35.5. The first kappa shape index (κ1) is 23.4. The number of anilines is 1. The molecule has 2 aromatic rings. The van der Waals surface area contributed by atoms with E-state index in [1.807, 2.05) is 37.3 Å². The van der Waals surface area contributed by atoms with Gasteiger partial charge in [0.25, 0.3) is 5.91 Å². The molecule has 3 rings (SSSR count). The number of nitrogens with one attached hydrogen (secondary N) is 2. The van der Waals surface area contributed by atoms with Gasteiger partial charge in [-0.25, -0.2) is 0 Å². The molecule has 1 amide bonds. The summed E-state index contributed by atoms with van der Waals surface area (Å²) in [7, 11) is 1.59. The number of methoxy groups -OCH3 is 1. The largest absolute Gasteiger partial charge is 0.493 e. The molecule has 31 heavy (non-hydrogen) atoms. The molecule has 5 nitrogen and oxygen atoms in total. The second-order valence-corrected chi connectivity index (χ2v) is 8.63. The van der Waals surface area contributed by atoms with Crippen molar-refractivity contribution in [1.82, 2.24) is 5.32 Å². The van der Waals surface area contributed by atoms with E-state index in [1.54, 1.807) is 13.2 Å². The maximum Gasteiger partial charge on any atom is 0.262 e. The van der Waals surface area contributed by atoms with Crippen molar-refractivity contribution in [3.8, 4) is 11.5 Å². The van der Waals surface area contributed by atoms with Gasteiger partial charge in [0.2, 0.25) is 0 Å². The third-order valence-electron chi connectivity index (χ3n) is 5.71. The van der Waals surface area contributed by atoms with Crippen molar-refractivity contribution in [2.45, 2.75) is 64.5 Å². The van der Waals surface area contributed by atoms with E-state index >= 15 is 0 Å². The Hall–Kier alpha value is -2.24. The van der Waals surface area contributed by atoms with Crippen LogP contribution in [0.3, 0.4) is 0 Å². The van der Waals surface area contributed by atoms with Gasteiger partial charge in [-0.3, -0.25) is 4.79 Å². The van der Waals surface area contributed by atoms with E-state index in [2.05, 4.69) is 10.6 Å². The molecule has 6 heteroatoms. The third kappa shape index (κ3) is 7.44. The van der Waals surface area contributed by atoms with Crippen LogP contribution in [0.2, 0.25) is 5.02 Å². The molecule has 0 aromatic heterocycles. The van der Waals surface area contributed by atoms with Crippen molar-refractivity contribution < 1.29 is 14.3 Å². The van der Waals surface area contributed by atoms with E-state index in [9.17, 15) is 4.79 Å². The molecule has 2 N–H and O–H groups in total. The number of hydrogen-bond donors (Lipinski definition) is 2. The van der Waals surface area contributed by atoms with E-state index in [0.717, 1.165) is 16.8 Å². The van der Waals surface area contributed by atoms with Crippen molar-refractivity contribution in [3.63, 3.8) is 0 Å². The number of ether oxygens (including phenoxy) is 2. The SMILES string of the molecule is COc1cc(CNC2CCCCCCC2)c(Cl)cc1OCC(=O)Nc1ccc(C)cc1. The van der Waals surface area contributed by atoms with E-state index < -0.39 is 0 Å². The van der Waals surface area contributed by atoms with E-state index in [0.29, 0.717) is 29.1 Å². The fourth-order valence-electron chi connectivity index (χ4n) is 3.88. The Labute approximate surface area is 190 Å². The Bertz CT molecular complexity index is 847. The molecule has 1 fully saturated rings. The Morgan fingerprint density at radius 2 is 1.71 bits per heavy atom. The van der Waals surface area contributed by atoms with Crippen LogP contribution in [0.5, 0.6) is 11.5 Å². The van der Waals surface area contributed by atoms with Gasteiger partial charge in [-0.1, -0.05) is 61.4 Å². The lowest BCUT2D eigenvalue weighted by Gasteiger charge is -2.22. The van der Waals surface area contributed by atoms with Gasteiger partial charge in [0, 0.05) is 29.4 Å². The molecular weight excluding hydrogens is 412 g/mol. The van der Waals surface area contributed by atoms with Gasteiger partial charge in [0.05, 0.1) is 7.11 Å². The van der Waals surface area contributed by atoms with E-state index in [1.165, 1.54) is 44.9 Å². The Morgan fingerprint density at radius 1 is 1.03 bits per heavy atom. The number of benzene rings is 2. The minimum atomic E-state index is -0.239. The Balaban J connectivity index is 1.56. The summed E-state index contributed by atoms with van der Waals surface area (Å²) in [5, 5.41) is 7.08. The molecule has 1 aliphatic carbocycles. The molecule has 0 heterocycles. The zero-order valence-corrected chi connectivity index (χ0v) is 19.3. The molecule has 0 spiro atoms. The minimum absolute atomic E-state index is 0.125. The first-order chi connectivity index (χ1) is 15.0. The van der Waals surface area contributed by atoms with Crippen LogP contribution in [0.15, 0.2) is 36.4 Å². The molecule has 0 saturated heterocycles. The molecule has 0 radical (unpaired) electrons. The average Bonchev–Trinajstić information content (AvgIpc) is 2.74. The standard InChI is InChI=1S/C25H33ClN2O3/c1-18-10-12-21(13-11-18)28-25(29)17-31-24-15-22(26)19(14-23(24)30-2)16-27-20-8-6-4-3-5-7-9-20/h10-15,20,27H,3-9,16-17H2,1-2H3,(H,28,29). The van der Waals surface area contributed by atoms with Crippen molar-refractivity contribution >= 4 is 23.2 Å². The van der Waals surface area contributed by atoms with Crippen LogP contribution in [0.1, 0.15) is 56.1 Å². The number of amides is 1. The number of aryl methyl sites for hydroxylation is 1. The fourth-order valence-corrected chi connectivity index (χ4v) is 4.10. The zero-order chi connectivity index (χ0) is 22.1. The zero-order valence-electron chi connectivity index (χ0n) is 18.5. The lowest BCUT2D eigenvalue weighted by molar-refractivity contribution is -0.118. The summed E-state index contributed by atoms with van der Waals surface area (Å²) >= 11 is 6.52. The second-order valence-electron chi connectivity index (χ2n) is 8.22. The van der Waals surface area contributed by atoms with Gasteiger partial charge in [-0.2, -0.15) is 0 Å². The maximum atomic E-state index is 12.2. The predicted octanol–water partition coefficient (Wildman–Crippen LogP) is 5.88. The van der Waals surface area contributed by atoms with E-state index in [-0.39, 0.29) is 12.5 Å². The molecule has 0 unspecified atom stereocenters. The molecule has 1 saturated carbocycles. The summed E-state index contributed by atoms with van der Waals surface area (Å²) in [6.07, 6.45) is 9.02. The van der Waals surface area contributed by atoms with E-state index in [4.69, 9.17) is 21.1 Å². The monoisotopic (exact) mass is 444 g/mol. The maximum absolute atomic E-state index is 12.2. The van der Waals surface area contributed by atoms with Gasteiger partial charge in [-0.15, -0.1) is 0 Å². The van der Waals surface area contributed by atoms with Crippen LogP contribution in [0.25, 0.3) is 0 Å². The molecule has 0 atom stereocenters. The number of carbonyl (C=O) groups excluding carboxylic acids is 1. The Kier molecular flexibility index (Phi) is 9.04. The number of rotatable bonds is 8. The van der Waals surface area contributed by atoms with Crippen LogP contribution >= 0.6 is 11.6 Å².